The molecule has 3 aromatic rings. The predicted octanol–water partition coefficient (Wildman–Crippen LogP) is 3.15. The van der Waals surface area contributed by atoms with Gasteiger partial charge in [0.05, 0.1) is 0 Å². The number of aromatic nitrogens is 2. The van der Waals surface area contributed by atoms with E-state index >= 15 is 0 Å². The number of imidazole rings is 1. The van der Waals surface area contributed by atoms with Crippen LogP contribution in [0.5, 0.6) is 0 Å². The summed E-state index contributed by atoms with van der Waals surface area (Å²) in [4.78, 5) is 8.59. The summed E-state index contributed by atoms with van der Waals surface area (Å²) in [7, 11) is 1.80. The molecule has 2 N–H and O–H groups in total. The van der Waals surface area contributed by atoms with E-state index in [1.807, 2.05) is 25.4 Å². The van der Waals surface area contributed by atoms with E-state index in [2.05, 4.69) is 73.7 Å². The molecule has 0 unspecified atom stereocenters. The number of aryl methyl sites for hydroxylation is 1. The summed E-state index contributed by atoms with van der Waals surface area (Å²) < 4.78 is 2.15. The molecule has 0 amide bonds. The summed E-state index contributed by atoms with van der Waals surface area (Å²) in [6.45, 7) is 4.45. The van der Waals surface area contributed by atoms with Gasteiger partial charge >= 0.3 is 0 Å². The highest BCUT2D eigenvalue weighted by Gasteiger charge is 2.02. The van der Waals surface area contributed by atoms with E-state index in [1.54, 1.807) is 7.05 Å². The summed E-state index contributed by atoms with van der Waals surface area (Å²) in [6.07, 6.45) is 4.83. The van der Waals surface area contributed by atoms with Crippen molar-refractivity contribution in [2.24, 2.45) is 4.99 Å². The number of rotatable bonds is 7. The Morgan fingerprint density at radius 2 is 1.78 bits per heavy atom. The first kappa shape index (κ1) is 18.7. The van der Waals surface area contributed by atoms with Gasteiger partial charge in [-0.3, -0.25) is 4.99 Å². The van der Waals surface area contributed by atoms with Gasteiger partial charge in [-0.25, -0.2) is 4.98 Å². The molecular formula is C22H27N5. The number of nitrogens with zero attached hydrogens (tertiary/aromatic N) is 3. The molecule has 0 radical (unpaired) electrons. The zero-order chi connectivity index (χ0) is 18.9. The fourth-order valence-corrected chi connectivity index (χ4v) is 2.98. The second-order valence-electron chi connectivity index (χ2n) is 6.51. The van der Waals surface area contributed by atoms with E-state index < -0.39 is 0 Å². The maximum Gasteiger partial charge on any atom is 0.191 e. The molecule has 27 heavy (non-hydrogen) atoms. The third-order valence-electron chi connectivity index (χ3n) is 4.50. The maximum absolute atomic E-state index is 4.31. The number of aliphatic imine (C=N–C) groups is 1. The fourth-order valence-electron chi connectivity index (χ4n) is 2.98. The van der Waals surface area contributed by atoms with E-state index in [9.17, 15) is 0 Å². The summed E-state index contributed by atoms with van der Waals surface area (Å²) in [5.41, 5.74) is 3.82. The Bertz CT molecular complexity index is 867. The molecule has 0 aliphatic carbocycles. The van der Waals surface area contributed by atoms with Crippen LogP contribution in [0, 0.1) is 6.92 Å². The highest BCUT2D eigenvalue weighted by molar-refractivity contribution is 5.79. The summed E-state index contributed by atoms with van der Waals surface area (Å²) >= 11 is 0. The average Bonchev–Trinajstić information content (AvgIpc) is 3.10. The van der Waals surface area contributed by atoms with Crippen LogP contribution in [0.1, 0.15) is 22.5 Å². The second-order valence-corrected chi connectivity index (χ2v) is 6.51. The predicted molar refractivity (Wildman–Crippen MR) is 111 cm³/mol. The molecule has 0 saturated carbocycles. The highest BCUT2D eigenvalue weighted by Crippen LogP contribution is 2.08. The Kier molecular flexibility index (Phi) is 6.63. The van der Waals surface area contributed by atoms with E-state index in [4.69, 9.17) is 0 Å². The lowest BCUT2D eigenvalue weighted by atomic mass is 10.1. The van der Waals surface area contributed by atoms with Crippen LogP contribution in [0.4, 0.5) is 0 Å². The molecule has 0 bridgehead atoms. The molecule has 2 aromatic carbocycles. The molecular weight excluding hydrogens is 334 g/mol. The van der Waals surface area contributed by atoms with Crippen molar-refractivity contribution in [3.05, 3.63) is 89.5 Å². The van der Waals surface area contributed by atoms with Crippen molar-refractivity contribution in [1.29, 1.82) is 0 Å². The number of nitrogens with one attached hydrogen (secondary N) is 2. The molecule has 5 nitrogen and oxygen atoms in total. The van der Waals surface area contributed by atoms with Gasteiger partial charge in [0.25, 0.3) is 0 Å². The first-order valence-electron chi connectivity index (χ1n) is 9.28. The Balaban J connectivity index is 1.49. The minimum atomic E-state index is 0.738. The quantitative estimate of drug-likeness (QED) is 0.502. The van der Waals surface area contributed by atoms with Crippen molar-refractivity contribution in [3.63, 3.8) is 0 Å². The van der Waals surface area contributed by atoms with Crippen LogP contribution in [0.25, 0.3) is 0 Å². The number of benzene rings is 2. The third kappa shape index (κ3) is 5.71. The summed E-state index contributed by atoms with van der Waals surface area (Å²) in [5.74, 6) is 1.85. The van der Waals surface area contributed by atoms with E-state index in [1.165, 1.54) is 16.7 Å². The van der Waals surface area contributed by atoms with Crippen molar-refractivity contribution in [2.45, 2.75) is 26.4 Å². The van der Waals surface area contributed by atoms with E-state index in [0.717, 1.165) is 37.8 Å². The lowest BCUT2D eigenvalue weighted by molar-refractivity contribution is 0.757. The van der Waals surface area contributed by atoms with E-state index in [-0.39, 0.29) is 0 Å². The Morgan fingerprint density at radius 1 is 1.00 bits per heavy atom. The summed E-state index contributed by atoms with van der Waals surface area (Å²) in [6, 6.07) is 19.1. The lowest BCUT2D eigenvalue weighted by Crippen LogP contribution is -2.37. The highest BCUT2D eigenvalue weighted by atomic mass is 15.2. The van der Waals surface area contributed by atoms with Crippen molar-refractivity contribution in [1.82, 2.24) is 20.2 Å². The van der Waals surface area contributed by atoms with Gasteiger partial charge in [0.2, 0.25) is 0 Å². The van der Waals surface area contributed by atoms with Gasteiger partial charge < -0.3 is 15.2 Å². The monoisotopic (exact) mass is 361 g/mol. The van der Waals surface area contributed by atoms with Crippen LogP contribution in [0.15, 0.2) is 72.0 Å². The summed E-state index contributed by atoms with van der Waals surface area (Å²) in [5, 5.41) is 6.76. The third-order valence-corrected chi connectivity index (χ3v) is 4.50. The van der Waals surface area contributed by atoms with Crippen molar-refractivity contribution in [2.75, 3.05) is 13.6 Å². The molecule has 0 atom stereocenters. The molecule has 5 heteroatoms. The Labute approximate surface area is 161 Å². The van der Waals surface area contributed by atoms with Gasteiger partial charge in [0.15, 0.2) is 5.96 Å². The normalized spacial score (nSPS) is 11.4. The largest absolute Gasteiger partial charge is 0.356 e. The van der Waals surface area contributed by atoms with Gasteiger partial charge in [-0.2, -0.15) is 0 Å². The zero-order valence-corrected chi connectivity index (χ0v) is 16.0. The minimum absolute atomic E-state index is 0.738. The standard InChI is InChI=1S/C22H27N5/c1-18-24-13-14-27(18)17-21-10-6-9-20(15-21)16-26-22(23-2)25-12-11-19-7-4-3-5-8-19/h3-10,13-15H,11-12,16-17H2,1-2H3,(H2,23,25,26). The molecule has 0 fully saturated rings. The van der Waals surface area contributed by atoms with Crippen LogP contribution in [0.2, 0.25) is 0 Å². The Hall–Kier alpha value is -3.08. The smallest absolute Gasteiger partial charge is 0.191 e. The molecule has 1 aromatic heterocycles. The van der Waals surface area contributed by atoms with Gasteiger partial charge in [0, 0.05) is 39.1 Å². The molecule has 0 aliphatic heterocycles. The molecule has 1 heterocycles. The lowest BCUT2D eigenvalue weighted by Gasteiger charge is -2.13. The minimum Gasteiger partial charge on any atom is -0.356 e. The fraction of sp³-hybridized carbons (Fsp3) is 0.273. The average molecular weight is 361 g/mol. The molecule has 0 saturated heterocycles. The molecule has 3 rings (SSSR count). The van der Waals surface area contributed by atoms with Crippen LogP contribution in [-0.2, 0) is 19.5 Å². The zero-order valence-electron chi connectivity index (χ0n) is 16.0. The van der Waals surface area contributed by atoms with Crippen molar-refractivity contribution >= 4 is 5.96 Å². The van der Waals surface area contributed by atoms with Crippen molar-refractivity contribution < 1.29 is 0 Å². The van der Waals surface area contributed by atoms with Gasteiger partial charge in [-0.1, -0.05) is 54.6 Å². The van der Waals surface area contributed by atoms with Crippen LogP contribution in [0.3, 0.4) is 0 Å². The van der Waals surface area contributed by atoms with Crippen LogP contribution in [-0.4, -0.2) is 29.1 Å². The number of hydrogen-bond donors (Lipinski definition) is 2. The molecule has 0 spiro atoms. The second kappa shape index (κ2) is 9.57. The number of hydrogen-bond acceptors (Lipinski definition) is 2. The molecule has 140 valence electrons. The van der Waals surface area contributed by atoms with Crippen molar-refractivity contribution in [3.8, 4) is 0 Å². The topological polar surface area (TPSA) is 54.2 Å². The molecule has 0 aliphatic rings. The van der Waals surface area contributed by atoms with E-state index in [0.29, 0.717) is 0 Å². The Morgan fingerprint density at radius 3 is 2.52 bits per heavy atom. The van der Waals surface area contributed by atoms with Crippen LogP contribution >= 0.6 is 0 Å². The van der Waals surface area contributed by atoms with Gasteiger partial charge in [-0.05, 0) is 30.0 Å². The number of guanidine groups is 1. The van der Waals surface area contributed by atoms with Gasteiger partial charge in [0.1, 0.15) is 5.82 Å². The maximum atomic E-state index is 4.31. The first-order chi connectivity index (χ1) is 13.2. The van der Waals surface area contributed by atoms with Gasteiger partial charge in [-0.15, -0.1) is 0 Å². The van der Waals surface area contributed by atoms with Crippen LogP contribution < -0.4 is 10.6 Å². The SMILES string of the molecule is CN=C(NCCc1ccccc1)NCc1cccc(Cn2ccnc2C)c1. The first-order valence-corrected chi connectivity index (χ1v) is 9.28.